The number of ketones is 1. The van der Waals surface area contributed by atoms with Gasteiger partial charge in [0.25, 0.3) is 5.69 Å². The van der Waals surface area contributed by atoms with E-state index >= 15 is 0 Å². The van der Waals surface area contributed by atoms with Gasteiger partial charge in [-0.25, -0.2) is 0 Å². The molecule has 1 aromatic carbocycles. The molecule has 0 fully saturated rings. The van der Waals surface area contributed by atoms with E-state index in [1.165, 1.54) is 18.2 Å². The van der Waals surface area contributed by atoms with Gasteiger partial charge in [0.05, 0.1) is 10.5 Å². The van der Waals surface area contributed by atoms with Gasteiger partial charge < -0.3 is 5.32 Å². The molecule has 0 spiro atoms. The van der Waals surface area contributed by atoms with Crippen LogP contribution < -0.4 is 5.32 Å². The van der Waals surface area contributed by atoms with E-state index in [0.717, 1.165) is 5.57 Å². The van der Waals surface area contributed by atoms with Crippen LogP contribution in [-0.2, 0) is 0 Å². The summed E-state index contributed by atoms with van der Waals surface area (Å²) in [5, 5.41) is 14.0. The predicted octanol–water partition coefficient (Wildman–Crippen LogP) is 3.81. The number of nitro groups is 1. The van der Waals surface area contributed by atoms with Crippen molar-refractivity contribution in [3.05, 3.63) is 45.5 Å². The van der Waals surface area contributed by atoms with E-state index in [0.29, 0.717) is 23.7 Å². The van der Waals surface area contributed by atoms with Crippen molar-refractivity contribution in [3.63, 3.8) is 0 Å². The Morgan fingerprint density at radius 1 is 1.40 bits per heavy atom. The Morgan fingerprint density at radius 2 is 2.05 bits per heavy atom. The molecule has 5 heteroatoms. The third-order valence-electron chi connectivity index (χ3n) is 2.60. The van der Waals surface area contributed by atoms with Crippen molar-refractivity contribution >= 4 is 17.2 Å². The van der Waals surface area contributed by atoms with E-state index in [2.05, 4.69) is 19.2 Å². The van der Waals surface area contributed by atoms with Gasteiger partial charge in [-0.3, -0.25) is 14.9 Å². The number of anilines is 1. The maximum atomic E-state index is 12.2. The molecule has 0 aromatic heterocycles. The SMILES string of the molecule is CC(C)=CC(=O)c1cc([N+](=O)[O-])ccc1NCC(C)C. The number of carbonyl (C=O) groups excluding carboxylic acids is 1. The summed E-state index contributed by atoms with van der Waals surface area (Å²) in [6.45, 7) is 8.44. The highest BCUT2D eigenvalue weighted by molar-refractivity contribution is 6.09. The Hall–Kier alpha value is -2.17. The lowest BCUT2D eigenvalue weighted by molar-refractivity contribution is -0.384. The molecule has 0 atom stereocenters. The third-order valence-corrected chi connectivity index (χ3v) is 2.60. The molecule has 0 unspecified atom stereocenters. The Labute approximate surface area is 118 Å². The number of allylic oxidation sites excluding steroid dienone is 2. The first-order valence-corrected chi connectivity index (χ1v) is 6.52. The van der Waals surface area contributed by atoms with Crippen molar-refractivity contribution < 1.29 is 9.72 Å². The summed E-state index contributed by atoms with van der Waals surface area (Å²) >= 11 is 0. The Bertz CT molecular complexity index is 544. The molecule has 0 amide bonds. The van der Waals surface area contributed by atoms with Crippen LogP contribution in [0.15, 0.2) is 29.8 Å². The van der Waals surface area contributed by atoms with Crippen molar-refractivity contribution in [1.82, 2.24) is 0 Å². The normalized spacial score (nSPS) is 10.2. The van der Waals surface area contributed by atoms with Crippen LogP contribution >= 0.6 is 0 Å². The maximum absolute atomic E-state index is 12.2. The number of benzene rings is 1. The number of carbonyl (C=O) groups is 1. The van der Waals surface area contributed by atoms with E-state index in [1.807, 2.05) is 13.8 Å². The highest BCUT2D eigenvalue weighted by Crippen LogP contribution is 2.23. The fraction of sp³-hybridized carbons (Fsp3) is 0.400. The number of hydrogen-bond acceptors (Lipinski definition) is 4. The molecule has 0 heterocycles. The lowest BCUT2D eigenvalue weighted by atomic mass is 10.0. The Kier molecular flexibility index (Phi) is 5.43. The lowest BCUT2D eigenvalue weighted by Gasteiger charge is -2.12. The van der Waals surface area contributed by atoms with Gasteiger partial charge in [0.1, 0.15) is 0 Å². The minimum absolute atomic E-state index is 0.0781. The number of hydrogen-bond donors (Lipinski definition) is 1. The quantitative estimate of drug-likeness (QED) is 0.371. The van der Waals surface area contributed by atoms with Crippen molar-refractivity contribution in [2.75, 3.05) is 11.9 Å². The van der Waals surface area contributed by atoms with Crippen LogP contribution in [0, 0.1) is 16.0 Å². The van der Waals surface area contributed by atoms with Crippen LogP contribution in [0.25, 0.3) is 0 Å². The summed E-state index contributed by atoms with van der Waals surface area (Å²) in [7, 11) is 0. The van der Waals surface area contributed by atoms with E-state index in [-0.39, 0.29) is 11.5 Å². The van der Waals surface area contributed by atoms with Gasteiger partial charge in [-0.05, 0) is 31.9 Å². The predicted molar refractivity (Wildman–Crippen MR) is 80.2 cm³/mol. The van der Waals surface area contributed by atoms with Gasteiger partial charge in [0.15, 0.2) is 5.78 Å². The van der Waals surface area contributed by atoms with E-state index in [1.54, 1.807) is 6.07 Å². The number of rotatable bonds is 6. The summed E-state index contributed by atoms with van der Waals surface area (Å²) < 4.78 is 0. The number of non-ortho nitro benzene ring substituents is 1. The summed E-state index contributed by atoms with van der Waals surface area (Å²) in [5.74, 6) is 0.191. The van der Waals surface area contributed by atoms with Crippen LogP contribution in [0.5, 0.6) is 0 Å². The second-order valence-electron chi connectivity index (χ2n) is 5.35. The molecule has 0 aliphatic carbocycles. The standard InChI is InChI=1S/C15H20N2O3/c1-10(2)7-15(18)13-8-12(17(19)20)5-6-14(13)16-9-11(3)4/h5-8,11,16H,9H2,1-4H3. The summed E-state index contributed by atoms with van der Waals surface area (Å²) in [5.41, 5.74) is 1.75. The van der Waals surface area contributed by atoms with Gasteiger partial charge in [-0.15, -0.1) is 0 Å². The van der Waals surface area contributed by atoms with Gasteiger partial charge in [0.2, 0.25) is 0 Å². The third kappa shape index (κ3) is 4.50. The zero-order chi connectivity index (χ0) is 15.3. The molecule has 1 aromatic rings. The molecular weight excluding hydrogens is 256 g/mol. The number of nitro benzene ring substituents is 1. The topological polar surface area (TPSA) is 72.2 Å². The average molecular weight is 276 g/mol. The second kappa shape index (κ2) is 6.84. The zero-order valence-corrected chi connectivity index (χ0v) is 12.3. The highest BCUT2D eigenvalue weighted by atomic mass is 16.6. The molecule has 5 nitrogen and oxygen atoms in total. The molecule has 0 saturated heterocycles. The van der Waals surface area contributed by atoms with Crippen LogP contribution in [0.2, 0.25) is 0 Å². The van der Waals surface area contributed by atoms with E-state index < -0.39 is 4.92 Å². The smallest absolute Gasteiger partial charge is 0.270 e. The van der Waals surface area contributed by atoms with Crippen LogP contribution in [-0.4, -0.2) is 17.3 Å². The van der Waals surface area contributed by atoms with Crippen LogP contribution in [0.4, 0.5) is 11.4 Å². The molecule has 1 N–H and O–H groups in total. The molecular formula is C15H20N2O3. The van der Waals surface area contributed by atoms with Crippen LogP contribution in [0.3, 0.4) is 0 Å². The minimum atomic E-state index is -0.495. The summed E-state index contributed by atoms with van der Waals surface area (Å²) in [6, 6.07) is 4.32. The molecule has 20 heavy (non-hydrogen) atoms. The van der Waals surface area contributed by atoms with E-state index in [4.69, 9.17) is 0 Å². The number of nitrogens with one attached hydrogen (secondary N) is 1. The molecule has 0 radical (unpaired) electrons. The van der Waals surface area contributed by atoms with Gasteiger partial charge in [-0.1, -0.05) is 19.4 Å². The second-order valence-corrected chi connectivity index (χ2v) is 5.35. The van der Waals surface area contributed by atoms with Crippen molar-refractivity contribution in [2.24, 2.45) is 5.92 Å². The fourth-order valence-corrected chi connectivity index (χ4v) is 1.66. The highest BCUT2D eigenvalue weighted by Gasteiger charge is 2.15. The molecule has 0 aliphatic rings. The lowest BCUT2D eigenvalue weighted by Crippen LogP contribution is -2.11. The Morgan fingerprint density at radius 3 is 2.55 bits per heavy atom. The maximum Gasteiger partial charge on any atom is 0.270 e. The average Bonchev–Trinajstić information content (AvgIpc) is 2.35. The first-order valence-electron chi connectivity index (χ1n) is 6.52. The molecule has 1 rings (SSSR count). The van der Waals surface area contributed by atoms with Crippen LogP contribution in [0.1, 0.15) is 38.1 Å². The van der Waals surface area contributed by atoms with Gasteiger partial charge in [0, 0.05) is 24.4 Å². The van der Waals surface area contributed by atoms with Crippen molar-refractivity contribution in [1.29, 1.82) is 0 Å². The zero-order valence-electron chi connectivity index (χ0n) is 12.3. The van der Waals surface area contributed by atoms with E-state index in [9.17, 15) is 14.9 Å². The molecule has 0 bridgehead atoms. The number of nitrogens with zero attached hydrogens (tertiary/aromatic N) is 1. The van der Waals surface area contributed by atoms with Crippen molar-refractivity contribution in [2.45, 2.75) is 27.7 Å². The fourth-order valence-electron chi connectivity index (χ4n) is 1.66. The molecule has 0 saturated carbocycles. The van der Waals surface area contributed by atoms with Gasteiger partial charge >= 0.3 is 0 Å². The monoisotopic (exact) mass is 276 g/mol. The van der Waals surface area contributed by atoms with Crippen molar-refractivity contribution in [3.8, 4) is 0 Å². The van der Waals surface area contributed by atoms with Gasteiger partial charge in [-0.2, -0.15) is 0 Å². The minimum Gasteiger partial charge on any atom is -0.384 e. The molecule has 108 valence electrons. The first-order chi connectivity index (χ1) is 9.31. The largest absolute Gasteiger partial charge is 0.384 e. The first kappa shape index (κ1) is 15.9. The Balaban J connectivity index is 3.19. The summed E-state index contributed by atoms with van der Waals surface area (Å²) in [6.07, 6.45) is 1.49. The molecule has 0 aliphatic heterocycles. The summed E-state index contributed by atoms with van der Waals surface area (Å²) in [4.78, 5) is 22.5.